The van der Waals surface area contributed by atoms with E-state index in [1.165, 1.54) is 4.40 Å². The van der Waals surface area contributed by atoms with Crippen molar-refractivity contribution in [2.45, 2.75) is 33.4 Å². The summed E-state index contributed by atoms with van der Waals surface area (Å²) in [5.41, 5.74) is 10.8. The molecule has 0 unspecified atom stereocenters. The highest BCUT2D eigenvalue weighted by molar-refractivity contribution is 6.00. The monoisotopic (exact) mass is 501 g/mol. The highest BCUT2D eigenvalue weighted by atomic mass is 16.5. The first-order valence-electron chi connectivity index (χ1n) is 12.7. The lowest BCUT2D eigenvalue weighted by atomic mass is 10.1. The number of pyridine rings is 2. The van der Waals surface area contributed by atoms with Crippen molar-refractivity contribution < 1.29 is 14.1 Å². The predicted octanol–water partition coefficient (Wildman–Crippen LogP) is 1.99. The van der Waals surface area contributed by atoms with Crippen molar-refractivity contribution in [3.05, 3.63) is 81.3 Å². The van der Waals surface area contributed by atoms with Gasteiger partial charge in [-0.25, -0.2) is 4.57 Å². The predicted molar refractivity (Wildman–Crippen MR) is 143 cm³/mol. The number of carbonyl (C=O) groups excluding carboxylic acids is 1. The van der Waals surface area contributed by atoms with Gasteiger partial charge < -0.3 is 15.8 Å². The fourth-order valence-corrected chi connectivity index (χ4v) is 4.78. The van der Waals surface area contributed by atoms with Gasteiger partial charge in [-0.2, -0.15) is 0 Å². The summed E-state index contributed by atoms with van der Waals surface area (Å²) < 4.78 is 8.80. The van der Waals surface area contributed by atoms with E-state index in [2.05, 4.69) is 10.2 Å². The van der Waals surface area contributed by atoms with Crippen LogP contribution in [0.1, 0.15) is 33.5 Å². The molecule has 3 N–H and O–H groups in total. The summed E-state index contributed by atoms with van der Waals surface area (Å²) in [6.07, 6.45) is 2.50. The van der Waals surface area contributed by atoms with Crippen LogP contribution in [-0.2, 0) is 17.8 Å². The number of rotatable bonds is 7. The van der Waals surface area contributed by atoms with Crippen LogP contribution in [0.15, 0.2) is 53.5 Å². The fourth-order valence-electron chi connectivity index (χ4n) is 4.78. The second-order valence-corrected chi connectivity index (χ2v) is 9.61. The number of hydrogen-bond acceptors (Lipinski definition) is 6. The van der Waals surface area contributed by atoms with Crippen LogP contribution in [0.5, 0.6) is 0 Å². The third kappa shape index (κ3) is 5.19. The van der Waals surface area contributed by atoms with Crippen LogP contribution >= 0.6 is 0 Å². The van der Waals surface area contributed by atoms with Gasteiger partial charge in [0.05, 0.1) is 19.8 Å². The molecule has 1 aromatic carbocycles. The first-order valence-corrected chi connectivity index (χ1v) is 12.7. The number of amides is 1. The molecule has 0 spiro atoms. The van der Waals surface area contributed by atoms with Gasteiger partial charge in [-0.3, -0.25) is 18.9 Å². The molecule has 0 radical (unpaired) electrons. The smallest absolute Gasteiger partial charge is 0.278 e. The van der Waals surface area contributed by atoms with Crippen LogP contribution in [0.4, 0.5) is 5.82 Å². The van der Waals surface area contributed by atoms with E-state index in [0.29, 0.717) is 35.6 Å². The molecule has 4 aromatic rings. The van der Waals surface area contributed by atoms with Crippen LogP contribution in [0.3, 0.4) is 0 Å². The Labute approximate surface area is 215 Å². The van der Waals surface area contributed by atoms with Crippen molar-refractivity contribution in [1.29, 1.82) is 0 Å². The Morgan fingerprint density at radius 1 is 1.16 bits per heavy atom. The summed E-state index contributed by atoms with van der Waals surface area (Å²) in [5, 5.41) is 3.32. The average Bonchev–Trinajstić information content (AvgIpc) is 2.91. The highest BCUT2D eigenvalue weighted by Crippen LogP contribution is 2.16. The number of morpholine rings is 1. The van der Waals surface area contributed by atoms with Gasteiger partial charge in [0.15, 0.2) is 0 Å². The van der Waals surface area contributed by atoms with Gasteiger partial charge in [0.2, 0.25) is 11.5 Å². The molecule has 1 amide bonds. The third-order valence-electron chi connectivity index (χ3n) is 6.95. The number of carbonyl (C=O) groups is 1. The molecule has 5 rings (SSSR count). The maximum Gasteiger partial charge on any atom is 0.278 e. The van der Waals surface area contributed by atoms with Gasteiger partial charge in [0.25, 0.3) is 17.1 Å². The van der Waals surface area contributed by atoms with E-state index < -0.39 is 0 Å². The first-order chi connectivity index (χ1) is 17.9. The summed E-state index contributed by atoms with van der Waals surface area (Å²) >= 11 is 0. The molecule has 1 aliphatic heterocycles. The number of nitrogens with two attached hydrogens (primary N) is 1. The van der Waals surface area contributed by atoms with Gasteiger partial charge in [0, 0.05) is 37.9 Å². The summed E-state index contributed by atoms with van der Waals surface area (Å²) in [4.78, 5) is 34.0. The Balaban J connectivity index is 1.52. The first kappa shape index (κ1) is 24.9. The lowest BCUT2D eigenvalue weighted by molar-refractivity contribution is -0.659. The molecule has 9 nitrogen and oxygen atoms in total. The van der Waals surface area contributed by atoms with Crippen LogP contribution in [0, 0.1) is 13.8 Å². The van der Waals surface area contributed by atoms with Crippen molar-refractivity contribution in [2.75, 3.05) is 38.6 Å². The minimum Gasteiger partial charge on any atom is -0.379 e. The Kier molecular flexibility index (Phi) is 7.16. The zero-order chi connectivity index (χ0) is 25.9. The van der Waals surface area contributed by atoms with Crippen LogP contribution < -0.4 is 21.2 Å². The van der Waals surface area contributed by atoms with E-state index >= 15 is 0 Å². The van der Waals surface area contributed by atoms with Gasteiger partial charge >= 0.3 is 0 Å². The summed E-state index contributed by atoms with van der Waals surface area (Å²) in [5.74, 6) is -0.0173. The molecule has 1 aliphatic rings. The van der Waals surface area contributed by atoms with E-state index in [1.54, 1.807) is 12.3 Å². The molecule has 0 aliphatic carbocycles. The zero-order valence-corrected chi connectivity index (χ0v) is 21.4. The number of aromatic nitrogens is 3. The molecule has 0 bridgehead atoms. The van der Waals surface area contributed by atoms with Gasteiger partial charge in [0.1, 0.15) is 10.9 Å². The molecular weight excluding hydrogens is 468 g/mol. The Morgan fingerprint density at radius 2 is 1.92 bits per heavy atom. The molecule has 4 heterocycles. The van der Waals surface area contributed by atoms with E-state index in [4.69, 9.17) is 15.5 Å². The van der Waals surface area contributed by atoms with Gasteiger partial charge in [-0.15, -0.1) is 0 Å². The molecule has 1 fully saturated rings. The van der Waals surface area contributed by atoms with E-state index in [9.17, 15) is 9.59 Å². The molecule has 192 valence electrons. The molecule has 0 atom stereocenters. The number of benzene rings is 1. The highest BCUT2D eigenvalue weighted by Gasteiger charge is 2.25. The molecule has 37 heavy (non-hydrogen) atoms. The topological polar surface area (TPSA) is 106 Å². The standard InChI is InChI=1S/C28H32N6O3/c1-19-6-8-21(9-7-19)18-30-27(35)22-17-23-26(31-25-20(2)5-3-11-34(25)28(23)36)33(24(22)29)12-4-10-32-13-15-37-16-14-32/h3,5-9,11,17,29H,4,10,12-16,18H2,1-2H3,(H,30,35)/p+1. The Bertz CT molecular complexity index is 1510. The lowest BCUT2D eigenvalue weighted by Crippen LogP contribution is -2.44. The maximum absolute atomic E-state index is 13.5. The van der Waals surface area contributed by atoms with E-state index in [-0.39, 0.29) is 17.0 Å². The van der Waals surface area contributed by atoms with E-state index in [0.717, 1.165) is 56.0 Å². The molecule has 1 saturated heterocycles. The third-order valence-corrected chi connectivity index (χ3v) is 6.95. The van der Waals surface area contributed by atoms with Gasteiger partial charge in [-0.05, 0) is 38.0 Å². The summed E-state index contributed by atoms with van der Waals surface area (Å²) in [6.45, 7) is 8.97. The quantitative estimate of drug-likeness (QED) is 0.296. The van der Waals surface area contributed by atoms with Crippen molar-refractivity contribution in [3.8, 4) is 0 Å². The van der Waals surface area contributed by atoms with Crippen molar-refractivity contribution in [3.63, 3.8) is 0 Å². The Hall–Kier alpha value is -3.82. The van der Waals surface area contributed by atoms with Crippen molar-refractivity contribution in [1.82, 2.24) is 19.6 Å². The molecule has 9 heteroatoms. The number of nitrogens with one attached hydrogen (secondary N) is 1. The van der Waals surface area contributed by atoms with Crippen LogP contribution in [0.2, 0.25) is 0 Å². The number of hydrogen-bond donors (Lipinski definition) is 2. The maximum atomic E-state index is 13.5. The molecule has 3 aromatic heterocycles. The second-order valence-electron chi connectivity index (χ2n) is 9.61. The van der Waals surface area contributed by atoms with Crippen molar-refractivity contribution in [2.24, 2.45) is 0 Å². The van der Waals surface area contributed by atoms with Crippen LogP contribution in [-0.4, -0.2) is 53.0 Å². The minimum absolute atomic E-state index is 0.224. The number of nitrogens with zero attached hydrogens (tertiary/aromatic N) is 4. The largest absolute Gasteiger partial charge is 0.379 e. The van der Waals surface area contributed by atoms with E-state index in [1.807, 2.05) is 54.8 Å². The SMILES string of the molecule is Cc1ccc(CNC(=O)c2cc3c(=O)n4cccc(C)c4nc3[n+](CCCN3CCOCC3)c2N)cc1. The minimum atomic E-state index is -0.323. The second kappa shape index (κ2) is 10.7. The average molecular weight is 502 g/mol. The van der Waals surface area contributed by atoms with Gasteiger partial charge in [-0.1, -0.05) is 40.9 Å². The van der Waals surface area contributed by atoms with Crippen molar-refractivity contribution >= 4 is 28.4 Å². The zero-order valence-electron chi connectivity index (χ0n) is 21.4. The summed E-state index contributed by atoms with van der Waals surface area (Å²) in [6, 6.07) is 13.3. The number of ether oxygens (including phenoxy) is 1. The molecular formula is C28H33N6O3+. The number of nitrogen functional groups attached to an aromatic ring is 1. The number of aryl methyl sites for hydroxylation is 3. The fraction of sp³-hybridized carbons (Fsp3) is 0.357. The lowest BCUT2D eigenvalue weighted by Gasteiger charge is -2.26. The molecule has 0 saturated carbocycles. The Morgan fingerprint density at radius 3 is 2.68 bits per heavy atom. The number of anilines is 1. The number of fused-ring (bicyclic) bond motifs is 2. The van der Waals surface area contributed by atoms with Crippen LogP contribution in [0.25, 0.3) is 16.7 Å². The summed E-state index contributed by atoms with van der Waals surface area (Å²) in [7, 11) is 0. The normalized spacial score (nSPS) is 14.3.